The second-order valence-electron chi connectivity index (χ2n) is 8.20. The van der Waals surface area contributed by atoms with Crippen molar-refractivity contribution in [1.29, 1.82) is 0 Å². The lowest BCUT2D eigenvalue weighted by molar-refractivity contribution is -0.862. The Morgan fingerprint density at radius 1 is 1.12 bits per heavy atom. The number of likely N-dealkylation sites (tertiary alicyclic amines) is 1. The van der Waals surface area contributed by atoms with Gasteiger partial charge in [-0.1, -0.05) is 51.4 Å². The van der Waals surface area contributed by atoms with E-state index >= 15 is 0 Å². The Labute approximate surface area is 159 Å². The maximum absolute atomic E-state index is 12.3. The summed E-state index contributed by atoms with van der Waals surface area (Å²) in [6.07, 6.45) is 8.56. The third-order valence-electron chi connectivity index (χ3n) is 4.45. The van der Waals surface area contributed by atoms with Gasteiger partial charge in [-0.05, 0) is 12.3 Å². The van der Waals surface area contributed by atoms with Crippen molar-refractivity contribution in [3.05, 3.63) is 0 Å². The molecule has 5 nitrogen and oxygen atoms in total. The van der Waals surface area contributed by atoms with E-state index in [0.717, 1.165) is 23.9 Å². The SMILES string of the molecule is CCCCCCCCCC(=O)O[C@@H]1CCN(CC#CC[N+](C)(C)C)C1=O. The lowest BCUT2D eigenvalue weighted by Gasteiger charge is -2.20. The molecule has 0 bridgehead atoms. The largest absolute Gasteiger partial charge is 0.452 e. The summed E-state index contributed by atoms with van der Waals surface area (Å²) in [6.45, 7) is 4.00. The van der Waals surface area contributed by atoms with Gasteiger partial charge in [0.2, 0.25) is 0 Å². The molecule has 1 amide bonds. The molecule has 0 saturated carbocycles. The number of carbonyl (C=O) groups excluding carboxylic acids is 2. The predicted molar refractivity (Wildman–Crippen MR) is 104 cm³/mol. The zero-order valence-electron chi connectivity index (χ0n) is 17.2. The van der Waals surface area contributed by atoms with Crippen LogP contribution in [-0.2, 0) is 14.3 Å². The first-order valence-corrected chi connectivity index (χ1v) is 10.1. The summed E-state index contributed by atoms with van der Waals surface area (Å²) in [7, 11) is 6.24. The van der Waals surface area contributed by atoms with E-state index in [4.69, 9.17) is 4.74 Å². The van der Waals surface area contributed by atoms with E-state index in [2.05, 4.69) is 39.9 Å². The number of amides is 1. The molecule has 1 aliphatic heterocycles. The molecule has 26 heavy (non-hydrogen) atoms. The molecule has 0 aromatic rings. The van der Waals surface area contributed by atoms with Crippen LogP contribution in [0.3, 0.4) is 0 Å². The molecular formula is C21H37N2O3+. The smallest absolute Gasteiger partial charge is 0.306 e. The van der Waals surface area contributed by atoms with Gasteiger partial charge in [-0.25, -0.2) is 0 Å². The van der Waals surface area contributed by atoms with Crippen molar-refractivity contribution in [2.75, 3.05) is 40.8 Å². The first kappa shape index (κ1) is 22.5. The zero-order valence-corrected chi connectivity index (χ0v) is 17.2. The number of ether oxygens (including phenoxy) is 1. The topological polar surface area (TPSA) is 46.6 Å². The van der Waals surface area contributed by atoms with Crippen LogP contribution in [0, 0.1) is 11.8 Å². The summed E-state index contributed by atoms with van der Waals surface area (Å²) < 4.78 is 6.16. The van der Waals surface area contributed by atoms with Crippen LogP contribution in [-0.4, -0.2) is 68.1 Å². The molecule has 0 unspecified atom stereocenters. The van der Waals surface area contributed by atoms with Crippen molar-refractivity contribution in [2.24, 2.45) is 0 Å². The van der Waals surface area contributed by atoms with E-state index in [1.54, 1.807) is 4.90 Å². The Kier molecular flexibility index (Phi) is 10.3. The number of unbranched alkanes of at least 4 members (excludes halogenated alkanes) is 6. The van der Waals surface area contributed by atoms with Crippen molar-refractivity contribution in [2.45, 2.75) is 70.8 Å². The molecule has 0 spiro atoms. The van der Waals surface area contributed by atoms with Crippen molar-refractivity contribution < 1.29 is 18.8 Å². The fourth-order valence-electron chi connectivity index (χ4n) is 2.87. The van der Waals surface area contributed by atoms with Crippen LogP contribution in [0.15, 0.2) is 0 Å². The highest BCUT2D eigenvalue weighted by molar-refractivity contribution is 5.85. The van der Waals surface area contributed by atoms with Gasteiger partial charge in [0.1, 0.15) is 6.54 Å². The zero-order chi connectivity index (χ0) is 19.4. The van der Waals surface area contributed by atoms with E-state index in [9.17, 15) is 9.59 Å². The van der Waals surface area contributed by atoms with Gasteiger partial charge in [0.05, 0.1) is 27.7 Å². The maximum atomic E-state index is 12.3. The molecule has 1 atom stereocenters. The van der Waals surface area contributed by atoms with Crippen molar-refractivity contribution >= 4 is 11.9 Å². The number of rotatable bonds is 11. The molecule has 0 aromatic carbocycles. The van der Waals surface area contributed by atoms with E-state index in [1.807, 2.05) is 0 Å². The average molecular weight is 366 g/mol. The number of esters is 1. The molecular weight excluding hydrogens is 328 g/mol. The standard InChI is InChI=1S/C21H37N2O3/c1-5-6-7-8-9-10-11-14-20(24)26-19-15-17-22(21(19)25)16-12-13-18-23(2,3)4/h19H,5-11,14-18H2,1-4H3/q+1/t19-/m1/s1. The van der Waals surface area contributed by atoms with Gasteiger partial charge < -0.3 is 14.1 Å². The Morgan fingerprint density at radius 3 is 2.42 bits per heavy atom. The van der Waals surface area contributed by atoms with Gasteiger partial charge in [-0.15, -0.1) is 0 Å². The van der Waals surface area contributed by atoms with Crippen LogP contribution in [0.5, 0.6) is 0 Å². The minimum absolute atomic E-state index is 0.0996. The summed E-state index contributed by atoms with van der Waals surface area (Å²) >= 11 is 0. The first-order chi connectivity index (χ1) is 12.3. The van der Waals surface area contributed by atoms with Crippen molar-refractivity contribution in [3.8, 4) is 11.8 Å². The fraction of sp³-hybridized carbons (Fsp3) is 0.810. The van der Waals surface area contributed by atoms with Crippen molar-refractivity contribution in [3.63, 3.8) is 0 Å². The first-order valence-electron chi connectivity index (χ1n) is 10.1. The third kappa shape index (κ3) is 9.82. The Bertz CT molecular complexity index is 500. The molecule has 1 fully saturated rings. The van der Waals surface area contributed by atoms with Gasteiger partial charge in [0, 0.05) is 19.4 Å². The molecule has 1 rings (SSSR count). The van der Waals surface area contributed by atoms with E-state index < -0.39 is 6.10 Å². The van der Waals surface area contributed by atoms with E-state index in [0.29, 0.717) is 25.9 Å². The molecule has 1 heterocycles. The quantitative estimate of drug-likeness (QED) is 0.245. The van der Waals surface area contributed by atoms with Gasteiger partial charge in [0.25, 0.3) is 5.91 Å². The van der Waals surface area contributed by atoms with Crippen LogP contribution in [0.25, 0.3) is 0 Å². The number of hydrogen-bond acceptors (Lipinski definition) is 3. The lowest BCUT2D eigenvalue weighted by Crippen LogP contribution is -2.35. The van der Waals surface area contributed by atoms with Gasteiger partial charge in [-0.2, -0.15) is 0 Å². The number of quaternary nitrogens is 1. The molecule has 1 saturated heterocycles. The normalized spacial score (nSPS) is 17.2. The predicted octanol–water partition coefficient (Wildman–Crippen LogP) is 2.98. The van der Waals surface area contributed by atoms with Crippen LogP contribution in [0.1, 0.15) is 64.7 Å². The summed E-state index contributed by atoms with van der Waals surface area (Å²) in [5.41, 5.74) is 0. The molecule has 0 aromatic heterocycles. The van der Waals surface area contributed by atoms with Gasteiger partial charge in [-0.3, -0.25) is 9.59 Å². The lowest BCUT2D eigenvalue weighted by atomic mass is 10.1. The summed E-state index contributed by atoms with van der Waals surface area (Å²) in [5, 5.41) is 0. The Morgan fingerprint density at radius 2 is 1.77 bits per heavy atom. The highest BCUT2D eigenvalue weighted by Gasteiger charge is 2.33. The monoisotopic (exact) mass is 365 g/mol. The minimum Gasteiger partial charge on any atom is -0.452 e. The van der Waals surface area contributed by atoms with Crippen LogP contribution in [0.4, 0.5) is 0 Å². The van der Waals surface area contributed by atoms with E-state index in [-0.39, 0.29) is 11.9 Å². The fourth-order valence-corrected chi connectivity index (χ4v) is 2.87. The second-order valence-corrected chi connectivity index (χ2v) is 8.20. The summed E-state index contributed by atoms with van der Waals surface area (Å²) in [4.78, 5) is 25.9. The molecule has 1 aliphatic rings. The van der Waals surface area contributed by atoms with Crippen LogP contribution in [0.2, 0.25) is 0 Å². The van der Waals surface area contributed by atoms with Crippen LogP contribution < -0.4 is 0 Å². The third-order valence-corrected chi connectivity index (χ3v) is 4.45. The molecule has 0 N–H and O–H groups in total. The van der Waals surface area contributed by atoms with Crippen LogP contribution >= 0.6 is 0 Å². The second kappa shape index (κ2) is 12.0. The Hall–Kier alpha value is -1.54. The molecule has 0 aliphatic carbocycles. The average Bonchev–Trinajstić information content (AvgIpc) is 2.90. The molecule has 148 valence electrons. The number of hydrogen-bond donors (Lipinski definition) is 0. The highest BCUT2D eigenvalue weighted by Crippen LogP contribution is 2.16. The summed E-state index contributed by atoms with van der Waals surface area (Å²) in [6, 6.07) is 0. The van der Waals surface area contributed by atoms with E-state index in [1.165, 1.54) is 32.1 Å². The summed E-state index contributed by atoms with van der Waals surface area (Å²) in [5.74, 6) is 5.81. The minimum atomic E-state index is -0.604. The highest BCUT2D eigenvalue weighted by atomic mass is 16.5. The Balaban J connectivity index is 2.19. The maximum Gasteiger partial charge on any atom is 0.306 e. The number of nitrogens with zero attached hydrogens (tertiary/aromatic N) is 2. The van der Waals surface area contributed by atoms with Gasteiger partial charge in [0.15, 0.2) is 6.10 Å². The van der Waals surface area contributed by atoms with Gasteiger partial charge >= 0.3 is 5.97 Å². The van der Waals surface area contributed by atoms with Crippen molar-refractivity contribution in [1.82, 2.24) is 4.90 Å². The molecule has 0 radical (unpaired) electrons. The number of carbonyl (C=O) groups is 2. The molecule has 5 heteroatoms.